The summed E-state index contributed by atoms with van der Waals surface area (Å²) in [6.45, 7) is 1.07. The van der Waals surface area contributed by atoms with Gasteiger partial charge in [0.15, 0.2) is 0 Å². The van der Waals surface area contributed by atoms with Crippen LogP contribution in [0.5, 0.6) is 0 Å². The van der Waals surface area contributed by atoms with Gasteiger partial charge in [-0.3, -0.25) is 0 Å². The van der Waals surface area contributed by atoms with Gasteiger partial charge in [0, 0.05) is 32.8 Å². The molecule has 1 aliphatic rings. The van der Waals surface area contributed by atoms with Crippen LogP contribution >= 0.6 is 0 Å². The molecule has 0 unspecified atom stereocenters. The molecule has 0 saturated carbocycles. The maximum atomic E-state index is 13.3. The maximum absolute atomic E-state index is 13.3. The number of piperidine rings is 1. The lowest BCUT2D eigenvalue weighted by Crippen LogP contribution is -2.50. The van der Waals surface area contributed by atoms with E-state index in [4.69, 9.17) is 0 Å². The Kier molecular flexibility index (Phi) is 5.61. The molecule has 0 aliphatic carbocycles. The van der Waals surface area contributed by atoms with Crippen LogP contribution < -0.4 is 0 Å². The molecule has 1 aromatic heterocycles. The largest absolute Gasteiger partial charge is 0.396 e. The van der Waals surface area contributed by atoms with E-state index in [9.17, 15) is 13.5 Å². The third-order valence-electron chi connectivity index (χ3n) is 5.28. The molecule has 0 spiro atoms. The van der Waals surface area contributed by atoms with Crippen LogP contribution in [0, 0.1) is 5.92 Å². The monoisotopic (exact) mass is 381 g/mol. The van der Waals surface area contributed by atoms with Gasteiger partial charge in [-0.05, 0) is 51.4 Å². The molecule has 0 radical (unpaired) electrons. The molecule has 1 fully saturated rings. The number of aliphatic hydroxyl groups is 1. The number of hydrogen-bond donors (Lipinski definition) is 1. The normalized spacial score (nSPS) is 22.3. The van der Waals surface area contributed by atoms with Crippen molar-refractivity contribution in [3.05, 3.63) is 18.2 Å². The summed E-state index contributed by atoms with van der Waals surface area (Å²) in [6.07, 6.45) is 2.27. The summed E-state index contributed by atoms with van der Waals surface area (Å²) >= 11 is 0. The van der Waals surface area contributed by atoms with E-state index in [2.05, 4.69) is 15.2 Å². The first-order valence-corrected chi connectivity index (χ1v) is 10.4. The Hall–Kier alpha value is -1.55. The number of rotatable bonds is 6. The maximum Gasteiger partial charge on any atom is 0.245 e. The molecule has 26 heavy (non-hydrogen) atoms. The third kappa shape index (κ3) is 3.48. The average molecular weight is 382 g/mol. The minimum atomic E-state index is -3.65. The second-order valence-electron chi connectivity index (χ2n) is 7.15. The number of fused-ring (bicyclic) bond motifs is 1. The van der Waals surface area contributed by atoms with Crippen molar-refractivity contribution < 1.29 is 13.5 Å². The number of benzene rings is 1. The third-order valence-corrected chi connectivity index (χ3v) is 7.17. The van der Waals surface area contributed by atoms with E-state index in [0.717, 1.165) is 12.8 Å². The summed E-state index contributed by atoms with van der Waals surface area (Å²) in [6, 6.07) is 5.47. The molecule has 8 nitrogen and oxygen atoms in total. The van der Waals surface area contributed by atoms with Crippen molar-refractivity contribution in [2.75, 3.05) is 33.8 Å². The fourth-order valence-corrected chi connectivity index (χ4v) is 5.55. The summed E-state index contributed by atoms with van der Waals surface area (Å²) < 4.78 is 29.7. The molecule has 0 bridgehead atoms. The summed E-state index contributed by atoms with van der Waals surface area (Å²) in [5.74, 6) is 0.196. The summed E-state index contributed by atoms with van der Waals surface area (Å²) in [5, 5.41) is 17.2. The number of aliphatic hydroxyl groups excluding tert-OH is 1. The van der Waals surface area contributed by atoms with Gasteiger partial charge in [-0.1, -0.05) is 11.3 Å². The number of hydrogen-bond acceptors (Lipinski definition) is 6. The molecular formula is C17H27N5O3S. The van der Waals surface area contributed by atoms with Crippen LogP contribution in [-0.2, 0) is 17.1 Å². The molecule has 2 heterocycles. The number of sulfonamides is 1. The van der Waals surface area contributed by atoms with Crippen LogP contribution in [0.2, 0.25) is 0 Å². The van der Waals surface area contributed by atoms with Gasteiger partial charge < -0.3 is 10.0 Å². The zero-order valence-corrected chi connectivity index (χ0v) is 16.4. The van der Waals surface area contributed by atoms with Crippen molar-refractivity contribution in [3.63, 3.8) is 0 Å². The molecular weight excluding hydrogens is 354 g/mol. The van der Waals surface area contributed by atoms with Crippen LogP contribution in [0.3, 0.4) is 0 Å². The zero-order chi connectivity index (χ0) is 18.9. The van der Waals surface area contributed by atoms with E-state index in [-0.39, 0.29) is 17.4 Å². The Morgan fingerprint density at radius 3 is 2.81 bits per heavy atom. The Morgan fingerprint density at radius 2 is 2.12 bits per heavy atom. The van der Waals surface area contributed by atoms with Gasteiger partial charge in [0.05, 0.1) is 5.52 Å². The highest BCUT2D eigenvalue weighted by atomic mass is 32.2. The molecule has 144 valence electrons. The van der Waals surface area contributed by atoms with Gasteiger partial charge in [0.1, 0.15) is 10.4 Å². The molecule has 1 N–H and O–H groups in total. The molecule has 9 heteroatoms. The Morgan fingerprint density at radius 1 is 1.35 bits per heavy atom. The second kappa shape index (κ2) is 7.59. The van der Waals surface area contributed by atoms with Crippen molar-refractivity contribution in [2.24, 2.45) is 13.0 Å². The molecule has 3 rings (SSSR count). The minimum Gasteiger partial charge on any atom is -0.396 e. The first-order chi connectivity index (χ1) is 12.4. The highest BCUT2D eigenvalue weighted by Crippen LogP contribution is 2.30. The number of aryl methyl sites for hydroxylation is 1. The molecule has 1 aromatic carbocycles. The Balaban J connectivity index is 1.91. The second-order valence-corrected chi connectivity index (χ2v) is 9.05. The van der Waals surface area contributed by atoms with E-state index in [1.807, 2.05) is 20.2 Å². The van der Waals surface area contributed by atoms with Crippen molar-refractivity contribution in [1.82, 2.24) is 24.2 Å². The van der Waals surface area contributed by atoms with Crippen LogP contribution in [0.1, 0.15) is 19.3 Å². The first kappa shape index (κ1) is 19.2. The predicted octanol–water partition coefficient (Wildman–Crippen LogP) is 0.682. The van der Waals surface area contributed by atoms with Crippen LogP contribution in [0.25, 0.3) is 11.0 Å². The average Bonchev–Trinajstić information content (AvgIpc) is 3.00. The lowest BCUT2D eigenvalue weighted by Gasteiger charge is -2.41. The lowest BCUT2D eigenvalue weighted by molar-refractivity contribution is 0.115. The van der Waals surface area contributed by atoms with Gasteiger partial charge >= 0.3 is 0 Å². The number of aromatic nitrogens is 3. The Bertz CT molecular complexity index is 864. The van der Waals surface area contributed by atoms with Gasteiger partial charge in [0.2, 0.25) is 10.0 Å². The van der Waals surface area contributed by atoms with Gasteiger partial charge in [-0.15, -0.1) is 5.10 Å². The predicted molar refractivity (Wildman–Crippen MR) is 99.2 cm³/mol. The molecule has 1 saturated heterocycles. The van der Waals surface area contributed by atoms with E-state index in [1.54, 1.807) is 28.2 Å². The van der Waals surface area contributed by atoms with E-state index >= 15 is 0 Å². The molecule has 0 amide bonds. The van der Waals surface area contributed by atoms with Crippen molar-refractivity contribution in [1.29, 1.82) is 0 Å². The van der Waals surface area contributed by atoms with E-state index in [1.165, 1.54) is 0 Å². The fourth-order valence-electron chi connectivity index (χ4n) is 3.90. The summed E-state index contributed by atoms with van der Waals surface area (Å²) in [4.78, 5) is 2.38. The lowest BCUT2D eigenvalue weighted by atomic mass is 9.88. The first-order valence-electron chi connectivity index (χ1n) is 8.92. The Labute approximate surface area is 154 Å². The fraction of sp³-hybridized carbons (Fsp3) is 0.647. The molecule has 1 aliphatic heterocycles. The quantitative estimate of drug-likeness (QED) is 0.791. The summed E-state index contributed by atoms with van der Waals surface area (Å²) in [5.41, 5.74) is 1.11. The SMILES string of the molecule is CN(C)[C@H]1CCN(S(=O)(=O)c2cccc3c2nnn3C)C[C@H]1CCCO. The van der Waals surface area contributed by atoms with E-state index in [0.29, 0.717) is 36.6 Å². The van der Waals surface area contributed by atoms with Gasteiger partial charge in [-0.25, -0.2) is 13.1 Å². The van der Waals surface area contributed by atoms with Crippen LogP contribution in [0.4, 0.5) is 0 Å². The minimum absolute atomic E-state index is 0.127. The highest BCUT2D eigenvalue weighted by molar-refractivity contribution is 7.89. The molecule has 2 atom stereocenters. The van der Waals surface area contributed by atoms with Crippen LogP contribution in [-0.4, -0.2) is 77.6 Å². The highest BCUT2D eigenvalue weighted by Gasteiger charge is 2.37. The van der Waals surface area contributed by atoms with E-state index < -0.39 is 10.0 Å². The molecule has 2 aromatic rings. The van der Waals surface area contributed by atoms with Crippen molar-refractivity contribution in [2.45, 2.75) is 30.2 Å². The van der Waals surface area contributed by atoms with Crippen molar-refractivity contribution in [3.8, 4) is 0 Å². The van der Waals surface area contributed by atoms with Gasteiger partial charge in [-0.2, -0.15) is 4.31 Å². The zero-order valence-electron chi connectivity index (χ0n) is 15.5. The van der Waals surface area contributed by atoms with Crippen LogP contribution in [0.15, 0.2) is 23.1 Å². The van der Waals surface area contributed by atoms with Crippen molar-refractivity contribution >= 4 is 21.1 Å². The topological polar surface area (TPSA) is 91.6 Å². The van der Waals surface area contributed by atoms with Gasteiger partial charge in [0.25, 0.3) is 0 Å². The standard InChI is InChI=1S/C17H27N5O3S/c1-20(2)14-9-10-22(12-13(14)6-5-11-23)26(24,25)16-8-4-7-15-17(16)18-19-21(15)3/h4,7-8,13-14,23H,5-6,9-12H2,1-3H3/t13-,14+/m1/s1. The summed E-state index contributed by atoms with van der Waals surface area (Å²) in [7, 11) is 2.16. The smallest absolute Gasteiger partial charge is 0.245 e. The number of nitrogens with zero attached hydrogens (tertiary/aromatic N) is 5.